The average molecular weight is 222 g/mol. The van der Waals surface area contributed by atoms with E-state index >= 15 is 0 Å². The van der Waals surface area contributed by atoms with Gasteiger partial charge in [-0.2, -0.15) is 0 Å². The first-order valence-corrected chi connectivity index (χ1v) is 6.91. The van der Waals surface area contributed by atoms with E-state index in [4.69, 9.17) is 5.11 Å². The molecular formula is C15H26O. The van der Waals surface area contributed by atoms with Gasteiger partial charge in [0.05, 0.1) is 0 Å². The Morgan fingerprint density at radius 2 is 2.31 bits per heavy atom. The van der Waals surface area contributed by atoms with Crippen molar-refractivity contribution in [1.29, 1.82) is 0 Å². The molecule has 1 heteroatoms. The van der Waals surface area contributed by atoms with Crippen LogP contribution in [-0.4, -0.2) is 11.7 Å². The van der Waals surface area contributed by atoms with Crippen molar-refractivity contribution < 1.29 is 5.11 Å². The van der Waals surface area contributed by atoms with Gasteiger partial charge in [-0.3, -0.25) is 0 Å². The average Bonchev–Trinajstić information content (AvgIpc) is 2.57. The molecule has 0 aromatic carbocycles. The van der Waals surface area contributed by atoms with Crippen LogP contribution in [0.4, 0.5) is 0 Å². The number of rotatable bonds is 3. The zero-order chi connectivity index (χ0) is 11.8. The molecule has 0 radical (unpaired) electrons. The van der Waals surface area contributed by atoms with Crippen LogP contribution < -0.4 is 0 Å². The SMILES string of the molecule is C[C@H](CCO)C1=CC[C@H]2[C@H](C)CCC[C@]12C. The van der Waals surface area contributed by atoms with Gasteiger partial charge >= 0.3 is 0 Å². The number of hydrogen-bond acceptors (Lipinski definition) is 1. The first-order chi connectivity index (χ1) is 7.59. The summed E-state index contributed by atoms with van der Waals surface area (Å²) in [6.07, 6.45) is 8.87. The highest BCUT2D eigenvalue weighted by Gasteiger charge is 2.46. The van der Waals surface area contributed by atoms with Gasteiger partial charge in [-0.1, -0.05) is 45.3 Å². The molecule has 0 aromatic rings. The third kappa shape index (κ3) is 1.84. The monoisotopic (exact) mass is 222 g/mol. The van der Waals surface area contributed by atoms with Crippen molar-refractivity contribution in [3.8, 4) is 0 Å². The second-order valence-electron chi connectivity index (χ2n) is 6.20. The molecule has 0 unspecified atom stereocenters. The lowest BCUT2D eigenvalue weighted by Crippen LogP contribution is -2.35. The van der Waals surface area contributed by atoms with E-state index in [1.54, 1.807) is 5.57 Å². The van der Waals surface area contributed by atoms with Crippen LogP contribution in [0.1, 0.15) is 52.9 Å². The van der Waals surface area contributed by atoms with Crippen molar-refractivity contribution in [2.75, 3.05) is 6.61 Å². The summed E-state index contributed by atoms with van der Waals surface area (Å²) in [5.74, 6) is 2.33. The van der Waals surface area contributed by atoms with E-state index in [9.17, 15) is 0 Å². The molecule has 92 valence electrons. The van der Waals surface area contributed by atoms with Gasteiger partial charge in [-0.05, 0) is 42.4 Å². The Labute approximate surface area is 99.9 Å². The van der Waals surface area contributed by atoms with E-state index in [0.717, 1.165) is 18.3 Å². The summed E-state index contributed by atoms with van der Waals surface area (Å²) >= 11 is 0. The largest absolute Gasteiger partial charge is 0.396 e. The first-order valence-electron chi connectivity index (χ1n) is 6.91. The van der Waals surface area contributed by atoms with Crippen molar-refractivity contribution in [3.05, 3.63) is 11.6 Å². The molecule has 1 fully saturated rings. The minimum atomic E-state index is 0.328. The lowest BCUT2D eigenvalue weighted by Gasteiger charge is -2.44. The maximum Gasteiger partial charge on any atom is 0.0436 e. The quantitative estimate of drug-likeness (QED) is 0.721. The molecule has 1 N–H and O–H groups in total. The van der Waals surface area contributed by atoms with Crippen LogP contribution in [0, 0.1) is 23.2 Å². The van der Waals surface area contributed by atoms with Crippen LogP contribution in [0.2, 0.25) is 0 Å². The molecule has 0 aromatic heterocycles. The van der Waals surface area contributed by atoms with E-state index in [1.165, 1.54) is 25.7 Å². The zero-order valence-corrected chi connectivity index (χ0v) is 11.0. The number of hydrogen-bond donors (Lipinski definition) is 1. The zero-order valence-electron chi connectivity index (χ0n) is 11.0. The smallest absolute Gasteiger partial charge is 0.0436 e. The second-order valence-corrected chi connectivity index (χ2v) is 6.20. The van der Waals surface area contributed by atoms with Crippen LogP contribution in [0.5, 0.6) is 0 Å². The van der Waals surface area contributed by atoms with Crippen LogP contribution in [-0.2, 0) is 0 Å². The van der Waals surface area contributed by atoms with Crippen molar-refractivity contribution in [3.63, 3.8) is 0 Å². The molecule has 0 aliphatic heterocycles. The van der Waals surface area contributed by atoms with E-state index in [1.807, 2.05) is 0 Å². The van der Waals surface area contributed by atoms with Gasteiger partial charge in [0.25, 0.3) is 0 Å². The van der Waals surface area contributed by atoms with Gasteiger partial charge in [0, 0.05) is 6.61 Å². The van der Waals surface area contributed by atoms with Crippen molar-refractivity contribution >= 4 is 0 Å². The lowest BCUT2D eigenvalue weighted by atomic mass is 9.60. The van der Waals surface area contributed by atoms with Gasteiger partial charge in [-0.25, -0.2) is 0 Å². The molecule has 1 nitrogen and oxygen atoms in total. The lowest BCUT2D eigenvalue weighted by molar-refractivity contribution is 0.108. The Bertz CT molecular complexity index is 281. The highest BCUT2D eigenvalue weighted by molar-refractivity contribution is 5.25. The molecule has 0 heterocycles. The molecule has 1 saturated carbocycles. The number of fused-ring (bicyclic) bond motifs is 1. The normalized spacial score (nSPS) is 40.4. The number of allylic oxidation sites excluding steroid dienone is 2. The first kappa shape index (κ1) is 12.2. The van der Waals surface area contributed by atoms with Gasteiger partial charge in [-0.15, -0.1) is 0 Å². The summed E-state index contributed by atoms with van der Waals surface area (Å²) in [6, 6.07) is 0. The van der Waals surface area contributed by atoms with Gasteiger partial charge < -0.3 is 5.11 Å². The van der Waals surface area contributed by atoms with Crippen LogP contribution in [0.15, 0.2) is 11.6 Å². The fourth-order valence-corrected chi connectivity index (χ4v) is 4.26. The standard InChI is InChI=1S/C15H26O/c1-11-5-4-9-15(3)13(11)6-7-14(15)12(2)8-10-16/h7,11-13,16H,4-6,8-10H2,1-3H3/t11-,12-,13+,15+/m1/s1. The molecule has 2 aliphatic rings. The molecule has 0 amide bonds. The minimum absolute atomic E-state index is 0.328. The molecule has 4 atom stereocenters. The Kier molecular flexibility index (Phi) is 3.44. The molecule has 0 bridgehead atoms. The van der Waals surface area contributed by atoms with E-state index in [-0.39, 0.29) is 0 Å². The molecule has 16 heavy (non-hydrogen) atoms. The maximum atomic E-state index is 9.10. The fraction of sp³-hybridized carbons (Fsp3) is 0.867. The number of aliphatic hydroxyl groups is 1. The Morgan fingerprint density at radius 3 is 3.00 bits per heavy atom. The highest BCUT2D eigenvalue weighted by Crippen LogP contribution is 2.56. The third-order valence-corrected chi connectivity index (χ3v) is 5.21. The Morgan fingerprint density at radius 1 is 1.56 bits per heavy atom. The van der Waals surface area contributed by atoms with Gasteiger partial charge in [0.2, 0.25) is 0 Å². The summed E-state index contributed by atoms with van der Waals surface area (Å²) in [7, 11) is 0. The second kappa shape index (κ2) is 4.52. The molecule has 2 aliphatic carbocycles. The summed E-state index contributed by atoms with van der Waals surface area (Å²) in [4.78, 5) is 0. The third-order valence-electron chi connectivity index (χ3n) is 5.21. The highest BCUT2D eigenvalue weighted by atomic mass is 16.3. The summed E-state index contributed by atoms with van der Waals surface area (Å²) in [6.45, 7) is 7.51. The predicted octanol–water partition coefficient (Wildman–Crippen LogP) is 3.78. The predicted molar refractivity (Wildman–Crippen MR) is 68.2 cm³/mol. The molecule has 2 rings (SSSR count). The van der Waals surface area contributed by atoms with E-state index in [0.29, 0.717) is 17.9 Å². The number of aliphatic hydroxyl groups excluding tert-OH is 1. The topological polar surface area (TPSA) is 20.2 Å². The fourth-order valence-electron chi connectivity index (χ4n) is 4.26. The summed E-state index contributed by atoms with van der Waals surface area (Å²) < 4.78 is 0. The van der Waals surface area contributed by atoms with Crippen molar-refractivity contribution in [2.24, 2.45) is 23.2 Å². The van der Waals surface area contributed by atoms with Crippen LogP contribution in [0.25, 0.3) is 0 Å². The van der Waals surface area contributed by atoms with Gasteiger partial charge in [0.1, 0.15) is 0 Å². The summed E-state index contributed by atoms with van der Waals surface area (Å²) in [5, 5.41) is 9.10. The van der Waals surface area contributed by atoms with Gasteiger partial charge in [0.15, 0.2) is 0 Å². The molecule has 0 spiro atoms. The Hall–Kier alpha value is -0.300. The maximum absolute atomic E-state index is 9.10. The van der Waals surface area contributed by atoms with Crippen LogP contribution >= 0.6 is 0 Å². The minimum Gasteiger partial charge on any atom is -0.396 e. The Balaban J connectivity index is 2.16. The molecular weight excluding hydrogens is 196 g/mol. The van der Waals surface area contributed by atoms with E-state index < -0.39 is 0 Å². The van der Waals surface area contributed by atoms with Crippen LogP contribution in [0.3, 0.4) is 0 Å². The molecule has 0 saturated heterocycles. The van der Waals surface area contributed by atoms with Crippen molar-refractivity contribution in [2.45, 2.75) is 52.9 Å². The van der Waals surface area contributed by atoms with E-state index in [2.05, 4.69) is 26.8 Å². The van der Waals surface area contributed by atoms with Crippen molar-refractivity contribution in [1.82, 2.24) is 0 Å². The summed E-state index contributed by atoms with van der Waals surface area (Å²) in [5.41, 5.74) is 2.10.